The molecule has 7 nitrogen and oxygen atoms in total. The molecule has 0 bridgehead atoms. The normalized spacial score (nSPS) is 20.6. The number of aromatic amines is 1. The van der Waals surface area contributed by atoms with Crippen LogP contribution in [0.4, 0.5) is 9.18 Å². The summed E-state index contributed by atoms with van der Waals surface area (Å²) in [7, 11) is 3.65. The Morgan fingerprint density at radius 3 is 3.04 bits per heavy atom. The number of benzene rings is 1. The number of hydrogen-bond acceptors (Lipinski definition) is 4. The number of nitrogens with zero attached hydrogens (tertiary/aromatic N) is 4. The summed E-state index contributed by atoms with van der Waals surface area (Å²) in [6, 6.07) is 4.36. The van der Waals surface area contributed by atoms with Crippen LogP contribution in [-0.2, 0) is 6.54 Å². The lowest BCUT2D eigenvalue weighted by Crippen LogP contribution is -2.45. The zero-order valence-electron chi connectivity index (χ0n) is 14.0. The fraction of sp³-hybridized carbons (Fsp3) is 0.438. The van der Waals surface area contributed by atoms with Crippen LogP contribution in [0, 0.1) is 5.82 Å². The molecule has 0 aliphatic carbocycles. The van der Waals surface area contributed by atoms with Crippen molar-refractivity contribution in [3.8, 4) is 0 Å². The largest absolute Gasteiger partial charge is 0.333 e. The molecular weight excluding hydrogens is 347 g/mol. The highest BCUT2D eigenvalue weighted by Gasteiger charge is 2.35. The van der Waals surface area contributed by atoms with Gasteiger partial charge in [0.05, 0.1) is 23.7 Å². The first-order chi connectivity index (χ1) is 12.0. The molecule has 0 radical (unpaired) electrons. The second-order valence-electron chi connectivity index (χ2n) is 6.23. The first-order valence-corrected chi connectivity index (χ1v) is 8.34. The molecule has 2 atom stereocenters. The molecule has 9 heteroatoms. The minimum Gasteiger partial charge on any atom is -0.333 e. The summed E-state index contributed by atoms with van der Waals surface area (Å²) in [4.78, 5) is 20.1. The molecule has 2 amide bonds. The average Bonchev–Trinajstić information content (AvgIpc) is 3.20. The molecule has 2 aromatic rings. The van der Waals surface area contributed by atoms with Crippen LogP contribution in [0.3, 0.4) is 0 Å². The second kappa shape index (κ2) is 7.37. The fourth-order valence-corrected chi connectivity index (χ4v) is 3.27. The summed E-state index contributed by atoms with van der Waals surface area (Å²) >= 11 is 5.77. The molecular formula is C16H20ClFN6O. The van der Waals surface area contributed by atoms with Crippen molar-refractivity contribution in [2.75, 3.05) is 20.6 Å². The number of aromatic nitrogens is 3. The number of likely N-dealkylation sites (tertiary alicyclic amines) is 1. The van der Waals surface area contributed by atoms with E-state index >= 15 is 0 Å². The number of nitrogens with one attached hydrogen (secondary N) is 2. The molecule has 25 heavy (non-hydrogen) atoms. The van der Waals surface area contributed by atoms with Crippen molar-refractivity contribution in [2.24, 2.45) is 0 Å². The molecule has 1 fully saturated rings. The molecule has 1 aliphatic rings. The van der Waals surface area contributed by atoms with E-state index in [-0.39, 0.29) is 23.1 Å². The van der Waals surface area contributed by atoms with Gasteiger partial charge in [-0.1, -0.05) is 17.7 Å². The van der Waals surface area contributed by atoms with Crippen molar-refractivity contribution in [3.63, 3.8) is 0 Å². The van der Waals surface area contributed by atoms with Crippen LogP contribution in [0.25, 0.3) is 0 Å². The third-order valence-electron chi connectivity index (χ3n) is 4.44. The van der Waals surface area contributed by atoms with Crippen molar-refractivity contribution >= 4 is 17.6 Å². The van der Waals surface area contributed by atoms with E-state index < -0.39 is 5.82 Å². The van der Waals surface area contributed by atoms with Gasteiger partial charge in [-0.25, -0.2) is 14.2 Å². The van der Waals surface area contributed by atoms with Crippen LogP contribution in [0.2, 0.25) is 5.02 Å². The molecule has 1 saturated heterocycles. The molecule has 0 saturated carbocycles. The van der Waals surface area contributed by atoms with Gasteiger partial charge in [-0.2, -0.15) is 5.10 Å². The van der Waals surface area contributed by atoms with Crippen molar-refractivity contribution in [2.45, 2.75) is 25.0 Å². The first kappa shape index (κ1) is 17.6. The summed E-state index contributed by atoms with van der Waals surface area (Å²) in [5.74, 6) is 0.157. The van der Waals surface area contributed by atoms with E-state index in [0.717, 1.165) is 18.5 Å². The zero-order valence-corrected chi connectivity index (χ0v) is 14.8. The summed E-state index contributed by atoms with van der Waals surface area (Å²) in [6.45, 7) is 1.14. The molecule has 3 rings (SSSR count). The highest BCUT2D eigenvalue weighted by atomic mass is 35.5. The maximum absolute atomic E-state index is 13.8. The average molecular weight is 367 g/mol. The molecule has 0 spiro atoms. The third kappa shape index (κ3) is 3.91. The zero-order chi connectivity index (χ0) is 18.0. The Morgan fingerprint density at radius 2 is 2.36 bits per heavy atom. The topological polar surface area (TPSA) is 77.1 Å². The number of halogens is 2. The van der Waals surface area contributed by atoms with E-state index in [9.17, 15) is 9.18 Å². The molecule has 134 valence electrons. The van der Waals surface area contributed by atoms with Gasteiger partial charge >= 0.3 is 6.03 Å². The number of carbonyl (C=O) groups is 1. The molecule has 2 heterocycles. The summed E-state index contributed by atoms with van der Waals surface area (Å²) < 4.78 is 13.8. The molecule has 1 aromatic heterocycles. The second-order valence-corrected chi connectivity index (χ2v) is 6.64. The van der Waals surface area contributed by atoms with Gasteiger partial charge in [0.1, 0.15) is 18.0 Å². The minimum absolute atomic E-state index is 0.0942. The van der Waals surface area contributed by atoms with Crippen molar-refractivity contribution in [1.82, 2.24) is 30.3 Å². The Morgan fingerprint density at radius 1 is 1.56 bits per heavy atom. The maximum atomic E-state index is 13.8. The Hall–Kier alpha value is -2.19. The lowest BCUT2D eigenvalue weighted by molar-refractivity contribution is 0.196. The van der Waals surface area contributed by atoms with Crippen molar-refractivity contribution < 1.29 is 9.18 Å². The van der Waals surface area contributed by atoms with Crippen LogP contribution >= 0.6 is 11.6 Å². The molecule has 1 aliphatic heterocycles. The summed E-state index contributed by atoms with van der Waals surface area (Å²) in [5.41, 5.74) is 0.796. The van der Waals surface area contributed by atoms with E-state index in [0.29, 0.717) is 12.4 Å². The highest BCUT2D eigenvalue weighted by molar-refractivity contribution is 6.30. The number of amides is 2. The van der Waals surface area contributed by atoms with Crippen molar-refractivity contribution in [3.05, 3.63) is 46.8 Å². The van der Waals surface area contributed by atoms with E-state index in [2.05, 4.69) is 25.4 Å². The van der Waals surface area contributed by atoms with Gasteiger partial charge in [0.25, 0.3) is 0 Å². The number of H-pyrrole nitrogens is 1. The summed E-state index contributed by atoms with van der Waals surface area (Å²) in [5, 5.41) is 9.62. The highest BCUT2D eigenvalue weighted by Crippen LogP contribution is 2.32. The van der Waals surface area contributed by atoms with Crippen molar-refractivity contribution in [1.29, 1.82) is 0 Å². The lowest BCUT2D eigenvalue weighted by atomic mass is 10.00. The SMILES string of the molecule is CN(Cc1ncn[nH]1)C(=O)NC1CCN(C)C1c1ccc(Cl)c(F)c1. The van der Waals surface area contributed by atoms with Gasteiger partial charge in [0.15, 0.2) is 0 Å². The minimum atomic E-state index is -0.452. The van der Waals surface area contributed by atoms with Gasteiger partial charge in [-0.15, -0.1) is 0 Å². The number of urea groups is 1. The lowest BCUT2D eigenvalue weighted by Gasteiger charge is -2.28. The van der Waals surface area contributed by atoms with Gasteiger partial charge < -0.3 is 10.2 Å². The third-order valence-corrected chi connectivity index (χ3v) is 4.75. The van der Waals surface area contributed by atoms with Crippen LogP contribution in [-0.4, -0.2) is 57.7 Å². The van der Waals surface area contributed by atoms with E-state index in [1.54, 1.807) is 19.2 Å². The van der Waals surface area contributed by atoms with Gasteiger partial charge in [-0.05, 0) is 31.2 Å². The predicted octanol–water partition coefficient (Wildman–Crippen LogP) is 2.18. The fourth-order valence-electron chi connectivity index (χ4n) is 3.15. The first-order valence-electron chi connectivity index (χ1n) is 7.96. The number of rotatable bonds is 4. The quantitative estimate of drug-likeness (QED) is 0.869. The Kier molecular flexibility index (Phi) is 5.19. The maximum Gasteiger partial charge on any atom is 0.317 e. The van der Waals surface area contributed by atoms with Gasteiger partial charge in [-0.3, -0.25) is 10.00 Å². The molecule has 1 aromatic carbocycles. The number of carbonyl (C=O) groups excluding carboxylic acids is 1. The van der Waals surface area contributed by atoms with Gasteiger partial charge in [0.2, 0.25) is 0 Å². The van der Waals surface area contributed by atoms with Crippen LogP contribution in [0.15, 0.2) is 24.5 Å². The summed E-state index contributed by atoms with van der Waals surface area (Å²) in [6.07, 6.45) is 2.19. The number of likely N-dealkylation sites (N-methyl/N-ethyl adjacent to an activating group) is 1. The van der Waals surface area contributed by atoms with Crippen LogP contribution < -0.4 is 5.32 Å². The standard InChI is InChI=1S/C16H20ClFN6O/c1-23-6-5-13(15(23)10-3-4-11(17)12(18)7-10)21-16(25)24(2)8-14-19-9-20-22-14/h3-4,7,9,13,15H,5-6,8H2,1-2H3,(H,21,25)(H,19,20,22). The van der Waals surface area contributed by atoms with E-state index in [4.69, 9.17) is 11.6 Å². The number of hydrogen-bond donors (Lipinski definition) is 2. The van der Waals surface area contributed by atoms with E-state index in [1.807, 2.05) is 7.05 Å². The molecule has 2 N–H and O–H groups in total. The van der Waals surface area contributed by atoms with Crippen LogP contribution in [0.1, 0.15) is 23.9 Å². The smallest absolute Gasteiger partial charge is 0.317 e. The molecule has 2 unspecified atom stereocenters. The van der Waals surface area contributed by atoms with E-state index in [1.165, 1.54) is 17.3 Å². The predicted molar refractivity (Wildman–Crippen MR) is 91.6 cm³/mol. The monoisotopic (exact) mass is 366 g/mol. The Labute approximate surface area is 150 Å². The van der Waals surface area contributed by atoms with Crippen LogP contribution in [0.5, 0.6) is 0 Å². The Bertz CT molecular complexity index is 740. The Balaban J connectivity index is 1.69. The van der Waals surface area contributed by atoms with Gasteiger partial charge in [0, 0.05) is 13.6 Å².